The molecular formula is C15H20ClNO. The number of hydrogen-bond acceptors (Lipinski definition) is 2. The van der Waals surface area contributed by atoms with Crippen molar-refractivity contribution in [1.29, 1.82) is 0 Å². The topological polar surface area (TPSA) is 21.6 Å². The number of rotatable bonds is 6. The fourth-order valence-electron chi connectivity index (χ4n) is 1.47. The van der Waals surface area contributed by atoms with Crippen molar-refractivity contribution < 1.29 is 4.74 Å². The van der Waals surface area contributed by atoms with Crippen molar-refractivity contribution in [3.8, 4) is 5.75 Å². The van der Waals surface area contributed by atoms with Gasteiger partial charge in [0.05, 0.1) is 10.7 Å². The van der Waals surface area contributed by atoms with Crippen LogP contribution in [0.2, 0.25) is 5.02 Å². The zero-order valence-corrected chi connectivity index (χ0v) is 12.0. The maximum atomic E-state index is 6.16. The molecule has 98 valence electrons. The molecule has 18 heavy (non-hydrogen) atoms. The number of benzene rings is 1. The molecule has 0 radical (unpaired) electrons. The molecule has 0 saturated heterocycles. The van der Waals surface area contributed by atoms with Gasteiger partial charge in [0, 0.05) is 7.05 Å². The van der Waals surface area contributed by atoms with Gasteiger partial charge in [-0.3, -0.25) is 4.99 Å². The largest absolute Gasteiger partial charge is 0.486 e. The molecule has 0 aliphatic heterocycles. The fourth-order valence-corrected chi connectivity index (χ4v) is 1.73. The summed E-state index contributed by atoms with van der Waals surface area (Å²) in [5, 5.41) is 0.657. The summed E-state index contributed by atoms with van der Waals surface area (Å²) in [6, 6.07) is 5.89. The van der Waals surface area contributed by atoms with E-state index in [2.05, 4.69) is 24.9 Å². The van der Waals surface area contributed by atoms with Gasteiger partial charge in [0.2, 0.25) is 0 Å². The van der Waals surface area contributed by atoms with Gasteiger partial charge < -0.3 is 4.74 Å². The Labute approximate surface area is 114 Å². The molecule has 2 nitrogen and oxygen atoms in total. The minimum Gasteiger partial charge on any atom is -0.486 e. The second-order valence-corrected chi connectivity index (χ2v) is 4.34. The van der Waals surface area contributed by atoms with Crippen molar-refractivity contribution in [1.82, 2.24) is 0 Å². The minimum absolute atomic E-state index is 0.443. The van der Waals surface area contributed by atoms with Crippen LogP contribution in [0.15, 0.2) is 35.3 Å². The van der Waals surface area contributed by atoms with Crippen molar-refractivity contribution in [3.05, 3.63) is 40.9 Å². The minimum atomic E-state index is 0.443. The van der Waals surface area contributed by atoms with Crippen LogP contribution in [0.5, 0.6) is 5.75 Å². The number of halogens is 1. The second kappa shape index (κ2) is 7.93. The van der Waals surface area contributed by atoms with Gasteiger partial charge in [-0.05, 0) is 36.6 Å². The van der Waals surface area contributed by atoms with E-state index in [0.717, 1.165) is 18.6 Å². The third-order valence-corrected chi connectivity index (χ3v) is 2.91. The third-order valence-electron chi connectivity index (χ3n) is 2.61. The molecule has 3 heteroatoms. The Bertz CT molecular complexity index is 438. The highest BCUT2D eigenvalue weighted by molar-refractivity contribution is 6.32. The predicted octanol–water partition coefficient (Wildman–Crippen LogP) is 4.32. The molecule has 0 heterocycles. The maximum Gasteiger partial charge on any atom is 0.138 e. The Balaban J connectivity index is 2.65. The van der Waals surface area contributed by atoms with Crippen LogP contribution >= 0.6 is 11.6 Å². The summed E-state index contributed by atoms with van der Waals surface area (Å²) < 4.78 is 5.67. The van der Waals surface area contributed by atoms with E-state index in [1.807, 2.05) is 24.3 Å². The highest BCUT2D eigenvalue weighted by Crippen LogP contribution is 2.25. The first-order valence-corrected chi connectivity index (χ1v) is 6.62. The lowest BCUT2D eigenvalue weighted by Crippen LogP contribution is -2.09. The lowest BCUT2D eigenvalue weighted by Gasteiger charge is -2.09. The van der Waals surface area contributed by atoms with Crippen molar-refractivity contribution >= 4 is 17.3 Å². The van der Waals surface area contributed by atoms with Crippen molar-refractivity contribution in [2.24, 2.45) is 4.99 Å². The summed E-state index contributed by atoms with van der Waals surface area (Å²) in [7, 11) is 1.76. The van der Waals surface area contributed by atoms with Gasteiger partial charge in [-0.1, -0.05) is 37.6 Å². The average molecular weight is 266 g/mol. The van der Waals surface area contributed by atoms with Gasteiger partial charge in [0.1, 0.15) is 12.4 Å². The summed E-state index contributed by atoms with van der Waals surface area (Å²) in [6.07, 6.45) is 6.01. The molecule has 1 aromatic rings. The van der Waals surface area contributed by atoms with Crippen LogP contribution in [-0.4, -0.2) is 19.4 Å². The van der Waals surface area contributed by atoms with Crippen LogP contribution in [0, 0.1) is 0 Å². The normalized spacial score (nSPS) is 12.1. The Hall–Kier alpha value is -1.28. The zero-order chi connectivity index (χ0) is 13.4. The van der Waals surface area contributed by atoms with E-state index in [9.17, 15) is 0 Å². The number of nitrogens with zero attached hydrogens (tertiary/aromatic N) is 1. The first kappa shape index (κ1) is 14.8. The maximum absolute atomic E-state index is 6.16. The molecule has 0 aromatic heterocycles. The van der Waals surface area contributed by atoms with E-state index in [0.29, 0.717) is 17.4 Å². The van der Waals surface area contributed by atoms with Gasteiger partial charge in [0.15, 0.2) is 0 Å². The molecular weight excluding hydrogens is 246 g/mol. The van der Waals surface area contributed by atoms with Crippen LogP contribution in [0.3, 0.4) is 0 Å². The highest BCUT2D eigenvalue weighted by atomic mass is 35.5. The zero-order valence-electron chi connectivity index (χ0n) is 11.2. The lowest BCUT2D eigenvalue weighted by atomic mass is 10.2. The lowest BCUT2D eigenvalue weighted by molar-refractivity contribution is 0.377. The molecule has 1 aromatic carbocycles. The monoisotopic (exact) mass is 265 g/mol. The standard InChI is InChI=1S/C15H20ClNO/c1-4-6-7-13(17-3)11-18-15-9-8-12(5-2)10-14(15)16/h6-10H,4-5,11H2,1-3H3/b7-6-,17-13?. The molecule has 0 unspecified atom stereocenters. The van der Waals surface area contributed by atoms with Crippen molar-refractivity contribution in [2.75, 3.05) is 13.7 Å². The van der Waals surface area contributed by atoms with Crippen LogP contribution in [0.4, 0.5) is 0 Å². The molecule has 0 bridgehead atoms. The van der Waals surface area contributed by atoms with Crippen LogP contribution in [0.25, 0.3) is 0 Å². The molecule has 0 N–H and O–H groups in total. The number of aryl methyl sites for hydroxylation is 1. The first-order valence-electron chi connectivity index (χ1n) is 6.24. The molecule has 0 spiro atoms. The smallest absolute Gasteiger partial charge is 0.138 e. The van der Waals surface area contributed by atoms with E-state index in [-0.39, 0.29) is 0 Å². The van der Waals surface area contributed by atoms with E-state index in [1.165, 1.54) is 5.56 Å². The molecule has 0 fully saturated rings. The van der Waals surface area contributed by atoms with Gasteiger partial charge >= 0.3 is 0 Å². The number of allylic oxidation sites excluding steroid dienone is 1. The van der Waals surface area contributed by atoms with Crippen molar-refractivity contribution in [2.45, 2.75) is 26.7 Å². The quantitative estimate of drug-likeness (QED) is 0.702. The fraction of sp³-hybridized carbons (Fsp3) is 0.400. The SMILES string of the molecule is CC/C=C\C(COc1ccc(CC)cc1Cl)=NC. The first-order chi connectivity index (χ1) is 8.71. The Morgan fingerprint density at radius 3 is 2.72 bits per heavy atom. The summed E-state index contributed by atoms with van der Waals surface area (Å²) in [4.78, 5) is 4.17. The Kier molecular flexibility index (Phi) is 6.51. The summed E-state index contributed by atoms with van der Waals surface area (Å²) in [5.41, 5.74) is 2.12. The van der Waals surface area contributed by atoms with Crippen molar-refractivity contribution in [3.63, 3.8) is 0 Å². The third kappa shape index (κ3) is 4.53. The molecule has 0 atom stereocenters. The second-order valence-electron chi connectivity index (χ2n) is 3.93. The van der Waals surface area contributed by atoms with E-state index in [4.69, 9.17) is 16.3 Å². The molecule has 0 amide bonds. The summed E-state index contributed by atoms with van der Waals surface area (Å²) in [5.74, 6) is 0.708. The molecule has 0 saturated carbocycles. The molecule has 0 aliphatic carbocycles. The molecule has 0 aliphatic rings. The Morgan fingerprint density at radius 2 is 2.17 bits per heavy atom. The van der Waals surface area contributed by atoms with Gasteiger partial charge in [0.25, 0.3) is 0 Å². The van der Waals surface area contributed by atoms with E-state index in [1.54, 1.807) is 7.05 Å². The van der Waals surface area contributed by atoms with Gasteiger partial charge in [-0.15, -0.1) is 0 Å². The predicted molar refractivity (Wildman–Crippen MR) is 79.1 cm³/mol. The average Bonchev–Trinajstić information content (AvgIpc) is 2.40. The summed E-state index contributed by atoms with van der Waals surface area (Å²) in [6.45, 7) is 4.63. The molecule has 1 rings (SSSR count). The van der Waals surface area contributed by atoms with E-state index >= 15 is 0 Å². The summed E-state index contributed by atoms with van der Waals surface area (Å²) >= 11 is 6.16. The number of ether oxygens (including phenoxy) is 1. The highest BCUT2D eigenvalue weighted by Gasteiger charge is 2.03. The number of hydrogen-bond donors (Lipinski definition) is 0. The van der Waals surface area contributed by atoms with E-state index < -0.39 is 0 Å². The number of aliphatic imine (C=N–C) groups is 1. The van der Waals surface area contributed by atoms with Crippen LogP contribution < -0.4 is 4.74 Å². The van der Waals surface area contributed by atoms with Gasteiger partial charge in [-0.25, -0.2) is 0 Å². The Morgan fingerprint density at radius 1 is 1.39 bits per heavy atom. The van der Waals surface area contributed by atoms with Crippen LogP contribution in [-0.2, 0) is 6.42 Å². The van der Waals surface area contributed by atoms with Crippen LogP contribution in [0.1, 0.15) is 25.8 Å². The van der Waals surface area contributed by atoms with Gasteiger partial charge in [-0.2, -0.15) is 0 Å².